The summed E-state index contributed by atoms with van der Waals surface area (Å²) in [6.07, 6.45) is 3.19. The number of nitrogens with zero attached hydrogens (tertiary/aromatic N) is 1. The number of amidine groups is 1. The van der Waals surface area contributed by atoms with Crippen LogP contribution in [0.4, 0.5) is 0 Å². The van der Waals surface area contributed by atoms with Crippen molar-refractivity contribution in [2.24, 2.45) is 23.3 Å². The molecule has 1 unspecified atom stereocenters. The van der Waals surface area contributed by atoms with Gasteiger partial charge < -0.3 is 16.4 Å². The third-order valence-corrected chi connectivity index (χ3v) is 4.37. The summed E-state index contributed by atoms with van der Waals surface area (Å²) in [7, 11) is 0. The standard InChI is InChI=1S/C13H24N4O2S.C3H8/c1-8(2)7-10(20-13(15)16)12(19)17-5-3-9(4-6-17)11(14)18;1-3-2/h8-10H,3-7H2,1-2H3,(H2,14,18)(H3,15,16);3H2,1-2H3. The van der Waals surface area contributed by atoms with Gasteiger partial charge in [0.25, 0.3) is 0 Å². The van der Waals surface area contributed by atoms with Crippen LogP contribution in [0.15, 0.2) is 0 Å². The fourth-order valence-electron chi connectivity index (χ4n) is 2.37. The summed E-state index contributed by atoms with van der Waals surface area (Å²) in [4.78, 5) is 25.4. The maximum absolute atomic E-state index is 12.5. The van der Waals surface area contributed by atoms with E-state index < -0.39 is 0 Å². The fourth-order valence-corrected chi connectivity index (χ4v) is 3.41. The second kappa shape index (κ2) is 11.3. The number of hydrogen-bond donors (Lipinski definition) is 3. The van der Waals surface area contributed by atoms with Gasteiger partial charge in [-0.1, -0.05) is 45.9 Å². The van der Waals surface area contributed by atoms with Crippen LogP contribution in [-0.4, -0.2) is 40.2 Å². The molecule has 23 heavy (non-hydrogen) atoms. The Labute approximate surface area is 144 Å². The van der Waals surface area contributed by atoms with E-state index >= 15 is 0 Å². The van der Waals surface area contributed by atoms with Crippen molar-refractivity contribution < 1.29 is 9.59 Å². The average Bonchev–Trinajstić information content (AvgIpc) is 2.45. The van der Waals surface area contributed by atoms with Crippen molar-refractivity contribution in [2.75, 3.05) is 13.1 Å². The first-order chi connectivity index (χ1) is 10.7. The lowest BCUT2D eigenvalue weighted by Crippen LogP contribution is -2.45. The molecule has 134 valence electrons. The van der Waals surface area contributed by atoms with Crippen LogP contribution in [0.5, 0.6) is 0 Å². The Morgan fingerprint density at radius 1 is 1.22 bits per heavy atom. The van der Waals surface area contributed by atoms with Gasteiger partial charge in [-0.3, -0.25) is 15.0 Å². The van der Waals surface area contributed by atoms with Crippen LogP contribution < -0.4 is 11.5 Å². The quantitative estimate of drug-likeness (QED) is 0.524. The zero-order valence-electron chi connectivity index (χ0n) is 14.8. The monoisotopic (exact) mass is 344 g/mol. The van der Waals surface area contributed by atoms with Crippen molar-refractivity contribution in [3.8, 4) is 0 Å². The zero-order chi connectivity index (χ0) is 18.0. The maximum Gasteiger partial charge on any atom is 0.236 e. The van der Waals surface area contributed by atoms with E-state index in [1.807, 2.05) is 13.8 Å². The normalized spacial score (nSPS) is 16.5. The number of carbonyl (C=O) groups excluding carboxylic acids is 2. The molecule has 7 heteroatoms. The molecule has 0 radical (unpaired) electrons. The molecule has 0 aromatic carbocycles. The van der Waals surface area contributed by atoms with Gasteiger partial charge >= 0.3 is 0 Å². The van der Waals surface area contributed by atoms with Crippen LogP contribution in [0.25, 0.3) is 0 Å². The summed E-state index contributed by atoms with van der Waals surface area (Å²) in [6, 6.07) is 0. The number of piperidine rings is 1. The van der Waals surface area contributed by atoms with Crippen LogP contribution >= 0.6 is 11.8 Å². The number of hydrogen-bond acceptors (Lipinski definition) is 4. The topological polar surface area (TPSA) is 113 Å². The number of likely N-dealkylation sites (tertiary alicyclic amines) is 1. The third kappa shape index (κ3) is 8.83. The molecule has 1 rings (SSSR count). The maximum atomic E-state index is 12.5. The van der Waals surface area contributed by atoms with Crippen LogP contribution in [0.1, 0.15) is 53.4 Å². The number of carbonyl (C=O) groups is 2. The first kappa shape index (κ1) is 21.8. The van der Waals surface area contributed by atoms with Crippen molar-refractivity contribution in [3.63, 3.8) is 0 Å². The lowest BCUT2D eigenvalue weighted by Gasteiger charge is -2.33. The van der Waals surface area contributed by atoms with Crippen molar-refractivity contribution in [2.45, 2.75) is 58.6 Å². The highest BCUT2D eigenvalue weighted by atomic mass is 32.2. The molecule has 0 aliphatic carbocycles. The average molecular weight is 345 g/mol. The first-order valence-electron chi connectivity index (χ1n) is 8.31. The summed E-state index contributed by atoms with van der Waals surface area (Å²) in [5.74, 6) is -0.0298. The van der Waals surface area contributed by atoms with Crippen LogP contribution in [0, 0.1) is 17.2 Å². The predicted molar refractivity (Wildman–Crippen MR) is 97.2 cm³/mol. The largest absolute Gasteiger partial charge is 0.379 e. The molecule has 5 N–H and O–H groups in total. The molecular weight excluding hydrogens is 312 g/mol. The van der Waals surface area contributed by atoms with Gasteiger partial charge in [-0.25, -0.2) is 0 Å². The molecule has 0 aromatic rings. The van der Waals surface area contributed by atoms with E-state index in [2.05, 4.69) is 13.8 Å². The highest BCUT2D eigenvalue weighted by Crippen LogP contribution is 2.24. The molecule has 1 heterocycles. The summed E-state index contributed by atoms with van der Waals surface area (Å²) in [5.41, 5.74) is 10.7. The number of nitrogens with one attached hydrogen (secondary N) is 1. The second-order valence-electron chi connectivity index (χ2n) is 6.31. The summed E-state index contributed by atoms with van der Waals surface area (Å²) in [6.45, 7) is 9.44. The number of rotatable bonds is 5. The molecule has 0 bridgehead atoms. The summed E-state index contributed by atoms with van der Waals surface area (Å²) < 4.78 is 0. The second-order valence-corrected chi connectivity index (χ2v) is 7.55. The molecule has 2 amide bonds. The lowest BCUT2D eigenvalue weighted by molar-refractivity contribution is -0.134. The minimum absolute atomic E-state index is 0.0156. The van der Waals surface area contributed by atoms with Crippen molar-refractivity contribution in [1.82, 2.24) is 4.90 Å². The van der Waals surface area contributed by atoms with Crippen LogP contribution in [-0.2, 0) is 9.59 Å². The van der Waals surface area contributed by atoms with Gasteiger partial charge in [-0.15, -0.1) is 0 Å². The molecule has 1 atom stereocenters. The Morgan fingerprint density at radius 3 is 2.04 bits per heavy atom. The number of primary amides is 1. The van der Waals surface area contributed by atoms with E-state index in [0.717, 1.165) is 11.8 Å². The summed E-state index contributed by atoms with van der Waals surface area (Å²) >= 11 is 1.12. The van der Waals surface area contributed by atoms with Gasteiger partial charge in [0, 0.05) is 19.0 Å². The van der Waals surface area contributed by atoms with E-state index in [-0.39, 0.29) is 28.1 Å². The van der Waals surface area contributed by atoms with Gasteiger partial charge in [0.15, 0.2) is 5.17 Å². The SMILES string of the molecule is CC(C)CC(SC(=N)N)C(=O)N1CCC(C(N)=O)CC1.CCC. The van der Waals surface area contributed by atoms with E-state index in [1.165, 1.54) is 6.42 Å². The molecule has 1 aliphatic heterocycles. The summed E-state index contributed by atoms with van der Waals surface area (Å²) in [5, 5.41) is 7.03. The minimum Gasteiger partial charge on any atom is -0.379 e. The van der Waals surface area contributed by atoms with Gasteiger partial charge in [-0.05, 0) is 25.2 Å². The van der Waals surface area contributed by atoms with Gasteiger partial charge in [0.1, 0.15) is 0 Å². The number of amides is 2. The molecule has 1 aliphatic rings. The smallest absolute Gasteiger partial charge is 0.236 e. The Morgan fingerprint density at radius 2 is 1.70 bits per heavy atom. The third-order valence-electron chi connectivity index (χ3n) is 3.44. The zero-order valence-corrected chi connectivity index (χ0v) is 15.6. The van der Waals surface area contributed by atoms with Crippen molar-refractivity contribution >= 4 is 28.7 Å². The van der Waals surface area contributed by atoms with Crippen molar-refractivity contribution in [3.05, 3.63) is 0 Å². The highest BCUT2D eigenvalue weighted by molar-refractivity contribution is 8.14. The molecular formula is C16H32N4O2S. The molecule has 0 aromatic heterocycles. The minimum atomic E-state index is -0.308. The molecule has 0 saturated carbocycles. The van der Waals surface area contributed by atoms with E-state index in [4.69, 9.17) is 16.9 Å². The Hall–Kier alpha value is -1.24. The first-order valence-corrected chi connectivity index (χ1v) is 9.19. The van der Waals surface area contributed by atoms with Gasteiger partial charge in [0.2, 0.25) is 11.8 Å². The van der Waals surface area contributed by atoms with Gasteiger partial charge in [-0.2, -0.15) is 0 Å². The molecule has 0 spiro atoms. The highest BCUT2D eigenvalue weighted by Gasteiger charge is 2.31. The Balaban J connectivity index is 0.00000149. The molecule has 1 saturated heterocycles. The number of thioether (sulfide) groups is 1. The van der Waals surface area contributed by atoms with Crippen LogP contribution in [0.3, 0.4) is 0 Å². The van der Waals surface area contributed by atoms with E-state index in [9.17, 15) is 9.59 Å². The Bertz CT molecular complexity index is 394. The van der Waals surface area contributed by atoms with Crippen LogP contribution in [0.2, 0.25) is 0 Å². The lowest BCUT2D eigenvalue weighted by atomic mass is 9.95. The Kier molecular flexibility index (Phi) is 10.7. The van der Waals surface area contributed by atoms with Gasteiger partial charge in [0.05, 0.1) is 5.25 Å². The van der Waals surface area contributed by atoms with E-state index in [1.54, 1.807) is 4.90 Å². The molecule has 1 fully saturated rings. The van der Waals surface area contributed by atoms with E-state index in [0.29, 0.717) is 38.3 Å². The predicted octanol–water partition coefficient (Wildman–Crippen LogP) is 2.17. The number of nitrogens with two attached hydrogens (primary N) is 2. The van der Waals surface area contributed by atoms with Crippen molar-refractivity contribution in [1.29, 1.82) is 5.41 Å². The fraction of sp³-hybridized carbons (Fsp3) is 0.812. The molecule has 6 nitrogen and oxygen atoms in total.